The summed E-state index contributed by atoms with van der Waals surface area (Å²) in [5.74, 6) is 2.54. The SMILES string of the molecule is COc1ccc(C(CN)CC2COC2)cc1C(C)C. The first kappa shape index (κ1) is 14.4. The van der Waals surface area contributed by atoms with Gasteiger partial charge in [0.1, 0.15) is 5.75 Å². The molecule has 1 fully saturated rings. The van der Waals surface area contributed by atoms with Gasteiger partial charge >= 0.3 is 0 Å². The van der Waals surface area contributed by atoms with Gasteiger partial charge in [-0.25, -0.2) is 0 Å². The lowest BCUT2D eigenvalue weighted by molar-refractivity contribution is -0.0382. The number of rotatable bonds is 6. The van der Waals surface area contributed by atoms with E-state index in [2.05, 4.69) is 32.0 Å². The summed E-state index contributed by atoms with van der Waals surface area (Å²) in [5.41, 5.74) is 8.56. The zero-order valence-electron chi connectivity index (χ0n) is 12.2. The average Bonchev–Trinajstić information content (AvgIpc) is 2.37. The lowest BCUT2D eigenvalue weighted by Gasteiger charge is -2.30. The van der Waals surface area contributed by atoms with Crippen molar-refractivity contribution in [3.05, 3.63) is 29.3 Å². The normalized spacial score (nSPS) is 17.3. The molecule has 2 N–H and O–H groups in total. The van der Waals surface area contributed by atoms with Gasteiger partial charge in [-0.2, -0.15) is 0 Å². The smallest absolute Gasteiger partial charge is 0.122 e. The van der Waals surface area contributed by atoms with E-state index in [0.717, 1.165) is 25.4 Å². The van der Waals surface area contributed by atoms with Gasteiger partial charge in [0.2, 0.25) is 0 Å². The van der Waals surface area contributed by atoms with Crippen molar-refractivity contribution in [2.75, 3.05) is 26.9 Å². The Bertz CT molecular complexity index is 413. The molecule has 0 bridgehead atoms. The Morgan fingerprint density at radius 2 is 2.11 bits per heavy atom. The summed E-state index contributed by atoms with van der Waals surface area (Å²) in [6.07, 6.45) is 1.13. The molecule has 1 saturated heterocycles. The number of hydrogen-bond donors (Lipinski definition) is 1. The fourth-order valence-electron chi connectivity index (χ4n) is 2.65. The molecule has 3 heteroatoms. The van der Waals surface area contributed by atoms with Gasteiger partial charge in [-0.05, 0) is 42.0 Å². The topological polar surface area (TPSA) is 44.5 Å². The van der Waals surface area contributed by atoms with E-state index in [1.807, 2.05) is 0 Å². The second-order valence-corrected chi connectivity index (χ2v) is 5.73. The van der Waals surface area contributed by atoms with E-state index in [1.54, 1.807) is 7.11 Å². The van der Waals surface area contributed by atoms with E-state index >= 15 is 0 Å². The molecule has 0 aromatic heterocycles. The Morgan fingerprint density at radius 1 is 1.37 bits per heavy atom. The number of nitrogens with two attached hydrogens (primary N) is 1. The molecule has 0 amide bonds. The molecule has 1 aromatic rings. The summed E-state index contributed by atoms with van der Waals surface area (Å²) in [7, 11) is 1.73. The minimum absolute atomic E-state index is 0.428. The van der Waals surface area contributed by atoms with Crippen LogP contribution in [-0.4, -0.2) is 26.9 Å². The molecular formula is C16H25NO2. The van der Waals surface area contributed by atoms with E-state index in [4.69, 9.17) is 15.2 Å². The summed E-state index contributed by atoms with van der Waals surface area (Å²) in [6.45, 7) is 6.87. The van der Waals surface area contributed by atoms with Gasteiger partial charge in [-0.15, -0.1) is 0 Å². The third kappa shape index (κ3) is 3.28. The van der Waals surface area contributed by atoms with Crippen LogP contribution in [0.4, 0.5) is 0 Å². The minimum Gasteiger partial charge on any atom is -0.496 e. The molecule has 0 aliphatic carbocycles. The number of benzene rings is 1. The third-order valence-electron chi connectivity index (χ3n) is 3.96. The quantitative estimate of drug-likeness (QED) is 0.858. The van der Waals surface area contributed by atoms with E-state index < -0.39 is 0 Å². The van der Waals surface area contributed by atoms with Crippen molar-refractivity contribution in [2.24, 2.45) is 11.7 Å². The van der Waals surface area contributed by atoms with Crippen molar-refractivity contribution in [3.63, 3.8) is 0 Å². The summed E-state index contributed by atoms with van der Waals surface area (Å²) in [4.78, 5) is 0. The molecule has 1 aromatic carbocycles. The van der Waals surface area contributed by atoms with Gasteiger partial charge < -0.3 is 15.2 Å². The van der Waals surface area contributed by atoms with Crippen LogP contribution >= 0.6 is 0 Å². The number of methoxy groups -OCH3 is 1. The first-order valence-corrected chi connectivity index (χ1v) is 7.11. The molecule has 0 saturated carbocycles. The van der Waals surface area contributed by atoms with Gasteiger partial charge in [0.25, 0.3) is 0 Å². The number of hydrogen-bond acceptors (Lipinski definition) is 3. The molecule has 2 rings (SSSR count). The van der Waals surface area contributed by atoms with Crippen molar-refractivity contribution in [3.8, 4) is 5.75 Å². The molecule has 0 spiro atoms. The van der Waals surface area contributed by atoms with E-state index in [-0.39, 0.29) is 0 Å². The van der Waals surface area contributed by atoms with Crippen LogP contribution in [0.1, 0.15) is 43.2 Å². The summed E-state index contributed by atoms with van der Waals surface area (Å²) >= 11 is 0. The van der Waals surface area contributed by atoms with Crippen LogP contribution in [0.3, 0.4) is 0 Å². The van der Waals surface area contributed by atoms with Gasteiger partial charge in [0.15, 0.2) is 0 Å². The van der Waals surface area contributed by atoms with Gasteiger partial charge in [0, 0.05) is 5.92 Å². The average molecular weight is 263 g/mol. The molecule has 106 valence electrons. The first-order chi connectivity index (χ1) is 9.15. The van der Waals surface area contributed by atoms with E-state index in [0.29, 0.717) is 24.3 Å². The largest absolute Gasteiger partial charge is 0.496 e. The molecule has 1 heterocycles. The van der Waals surface area contributed by atoms with Gasteiger partial charge in [-0.3, -0.25) is 0 Å². The molecular weight excluding hydrogens is 238 g/mol. The Morgan fingerprint density at radius 3 is 2.58 bits per heavy atom. The second-order valence-electron chi connectivity index (χ2n) is 5.73. The van der Waals surface area contributed by atoms with Crippen LogP contribution in [0.2, 0.25) is 0 Å². The minimum atomic E-state index is 0.428. The molecule has 1 unspecified atom stereocenters. The van der Waals surface area contributed by atoms with Crippen molar-refractivity contribution in [1.29, 1.82) is 0 Å². The second kappa shape index (κ2) is 6.40. The number of ether oxygens (including phenoxy) is 2. The lowest BCUT2D eigenvalue weighted by Crippen LogP contribution is -2.30. The van der Waals surface area contributed by atoms with Gasteiger partial charge in [0.05, 0.1) is 20.3 Å². The molecule has 19 heavy (non-hydrogen) atoms. The van der Waals surface area contributed by atoms with Crippen molar-refractivity contribution in [2.45, 2.75) is 32.1 Å². The highest BCUT2D eigenvalue weighted by Crippen LogP contribution is 2.33. The maximum Gasteiger partial charge on any atom is 0.122 e. The highest BCUT2D eigenvalue weighted by molar-refractivity contribution is 5.40. The third-order valence-corrected chi connectivity index (χ3v) is 3.96. The molecule has 3 nitrogen and oxygen atoms in total. The van der Waals surface area contributed by atoms with Crippen molar-refractivity contribution < 1.29 is 9.47 Å². The Kier molecular flexibility index (Phi) is 4.83. The van der Waals surface area contributed by atoms with Crippen molar-refractivity contribution in [1.82, 2.24) is 0 Å². The van der Waals surface area contributed by atoms with Gasteiger partial charge in [-0.1, -0.05) is 26.0 Å². The maximum absolute atomic E-state index is 5.96. The fourth-order valence-corrected chi connectivity index (χ4v) is 2.65. The Hall–Kier alpha value is -1.06. The highest BCUT2D eigenvalue weighted by atomic mass is 16.5. The fraction of sp³-hybridized carbons (Fsp3) is 0.625. The molecule has 1 atom stereocenters. The van der Waals surface area contributed by atoms with E-state index in [1.165, 1.54) is 11.1 Å². The van der Waals surface area contributed by atoms with Crippen LogP contribution in [0, 0.1) is 5.92 Å². The van der Waals surface area contributed by atoms with Crippen LogP contribution < -0.4 is 10.5 Å². The monoisotopic (exact) mass is 263 g/mol. The van der Waals surface area contributed by atoms with Crippen LogP contribution in [-0.2, 0) is 4.74 Å². The lowest BCUT2D eigenvalue weighted by atomic mass is 9.86. The summed E-state index contributed by atoms with van der Waals surface area (Å²) in [6, 6.07) is 6.49. The van der Waals surface area contributed by atoms with Crippen LogP contribution in [0.25, 0.3) is 0 Å². The first-order valence-electron chi connectivity index (χ1n) is 7.11. The standard InChI is InChI=1S/C16H25NO2/c1-11(2)15-7-13(4-5-16(15)18-3)14(8-17)6-12-9-19-10-12/h4-5,7,11-12,14H,6,8-10,17H2,1-3H3. The molecule has 1 aliphatic heterocycles. The zero-order valence-corrected chi connectivity index (χ0v) is 12.2. The Balaban J connectivity index is 2.19. The molecule has 0 radical (unpaired) electrons. The highest BCUT2D eigenvalue weighted by Gasteiger charge is 2.24. The summed E-state index contributed by atoms with van der Waals surface area (Å²) < 4.78 is 10.7. The maximum atomic E-state index is 5.96. The predicted molar refractivity (Wildman–Crippen MR) is 77.8 cm³/mol. The van der Waals surface area contributed by atoms with Crippen molar-refractivity contribution >= 4 is 0 Å². The summed E-state index contributed by atoms with van der Waals surface area (Å²) in [5, 5.41) is 0. The molecule has 1 aliphatic rings. The van der Waals surface area contributed by atoms with Crippen LogP contribution in [0.15, 0.2) is 18.2 Å². The zero-order chi connectivity index (χ0) is 13.8. The predicted octanol–water partition coefficient (Wildman–Crippen LogP) is 2.90. The Labute approximate surface area is 116 Å². The van der Waals surface area contributed by atoms with E-state index in [9.17, 15) is 0 Å². The van der Waals surface area contributed by atoms with Crippen LogP contribution in [0.5, 0.6) is 5.75 Å².